The van der Waals surface area contributed by atoms with Crippen LogP contribution >= 0.6 is 0 Å². The maximum Gasteiger partial charge on any atom is 0.336 e. The van der Waals surface area contributed by atoms with Gasteiger partial charge in [0.05, 0.1) is 18.2 Å². The highest BCUT2D eigenvalue weighted by Crippen LogP contribution is 2.40. The number of aliphatic hydroxyl groups is 3. The Morgan fingerprint density at radius 3 is 2.28 bits per heavy atom. The number of rotatable bonds is 8. The van der Waals surface area contributed by atoms with Crippen molar-refractivity contribution in [2.45, 2.75) is 83.5 Å². The molecule has 0 aromatic carbocycles. The van der Waals surface area contributed by atoms with Gasteiger partial charge in [-0.25, -0.2) is 4.79 Å². The van der Waals surface area contributed by atoms with Crippen LogP contribution in [0.2, 0.25) is 0 Å². The van der Waals surface area contributed by atoms with Gasteiger partial charge in [0.2, 0.25) is 0 Å². The molecule has 5 N–H and O–H groups in total. The van der Waals surface area contributed by atoms with Gasteiger partial charge in [-0.3, -0.25) is 0 Å². The summed E-state index contributed by atoms with van der Waals surface area (Å²) in [7, 11) is 1.57. The Bertz CT molecular complexity index is 455. The highest BCUT2D eigenvalue weighted by Gasteiger charge is 2.54. The first-order valence-electron chi connectivity index (χ1n) is 9.63. The van der Waals surface area contributed by atoms with E-state index >= 15 is 0 Å². The normalized spacial score (nSPS) is 33.6. The third-order valence-electron chi connectivity index (χ3n) is 5.40. The van der Waals surface area contributed by atoms with Gasteiger partial charge in [0.1, 0.15) is 12.2 Å². The first kappa shape index (κ1) is 20.6. The van der Waals surface area contributed by atoms with Crippen molar-refractivity contribution in [3.8, 4) is 0 Å². The van der Waals surface area contributed by atoms with Crippen molar-refractivity contribution in [1.82, 2.24) is 5.32 Å². The van der Waals surface area contributed by atoms with Crippen molar-refractivity contribution < 1.29 is 31.3 Å². The second-order valence-electron chi connectivity index (χ2n) is 7.88. The molecule has 25 heavy (non-hydrogen) atoms. The highest BCUT2D eigenvalue weighted by molar-refractivity contribution is 5.78. The van der Waals surface area contributed by atoms with Gasteiger partial charge >= 0.3 is 5.97 Å². The number of hydrogen-bond donors (Lipinski definition) is 5. The van der Waals surface area contributed by atoms with Crippen LogP contribution in [0.25, 0.3) is 0 Å². The standard InChI is InChI=1S/C18H35NO6/c1-9(2)12(10(3)4)7-18(17(23)24)8-13(21)14(19-6)16(25-18)15(22)11(5)20/h9-16,19-22H,7-8H2,1-6H3,(H,23,24)/i5D. The fourth-order valence-electron chi connectivity index (χ4n) is 3.90. The molecule has 0 bridgehead atoms. The summed E-state index contributed by atoms with van der Waals surface area (Å²) in [6.45, 7) is 7.63. The molecule has 1 rings (SSSR count). The fourth-order valence-corrected chi connectivity index (χ4v) is 3.90. The van der Waals surface area contributed by atoms with Crippen LogP contribution in [0, 0.1) is 17.8 Å². The molecule has 6 unspecified atom stereocenters. The van der Waals surface area contributed by atoms with Gasteiger partial charge in [0.25, 0.3) is 0 Å². The van der Waals surface area contributed by atoms with E-state index in [1.165, 1.54) is 0 Å². The molecule has 6 atom stereocenters. The van der Waals surface area contributed by atoms with Crippen LogP contribution in [0.15, 0.2) is 0 Å². The lowest BCUT2D eigenvalue weighted by Crippen LogP contribution is -2.66. The van der Waals surface area contributed by atoms with Gasteiger partial charge in [-0.15, -0.1) is 0 Å². The van der Waals surface area contributed by atoms with E-state index in [2.05, 4.69) is 5.32 Å². The third kappa shape index (κ3) is 4.92. The number of hydrogen-bond acceptors (Lipinski definition) is 6. The minimum atomic E-state index is -1.65. The summed E-state index contributed by atoms with van der Waals surface area (Å²) >= 11 is 0. The number of nitrogens with one attached hydrogen (secondary N) is 1. The van der Waals surface area contributed by atoms with Crippen molar-refractivity contribution in [2.24, 2.45) is 17.8 Å². The monoisotopic (exact) mass is 362 g/mol. The number of ether oxygens (including phenoxy) is 1. The van der Waals surface area contributed by atoms with E-state index in [1.807, 2.05) is 27.7 Å². The van der Waals surface area contributed by atoms with Crippen LogP contribution in [-0.2, 0) is 9.53 Å². The van der Waals surface area contributed by atoms with E-state index in [4.69, 9.17) is 6.11 Å². The van der Waals surface area contributed by atoms with E-state index in [-0.39, 0.29) is 30.6 Å². The molecule has 0 aromatic heterocycles. The second-order valence-corrected chi connectivity index (χ2v) is 7.88. The molecule has 0 aliphatic carbocycles. The molecule has 1 saturated heterocycles. The summed E-state index contributed by atoms with van der Waals surface area (Å²) in [6, 6.07) is -0.741. The molecule has 1 fully saturated rings. The lowest BCUT2D eigenvalue weighted by molar-refractivity contribution is -0.232. The molecule has 0 aromatic rings. The molecule has 1 aliphatic rings. The largest absolute Gasteiger partial charge is 0.479 e. The van der Waals surface area contributed by atoms with Crippen LogP contribution in [0.1, 0.15) is 48.8 Å². The van der Waals surface area contributed by atoms with E-state index in [0.717, 1.165) is 0 Å². The molecule has 1 heterocycles. The predicted octanol–water partition coefficient (Wildman–Crippen LogP) is 0.608. The Morgan fingerprint density at radius 1 is 1.32 bits per heavy atom. The number of carboxylic acids is 1. The Kier molecular flexibility index (Phi) is 7.22. The van der Waals surface area contributed by atoms with Crippen molar-refractivity contribution in [3.63, 3.8) is 0 Å². The van der Waals surface area contributed by atoms with Crippen LogP contribution in [0.4, 0.5) is 0 Å². The Hall–Kier alpha value is -0.730. The van der Waals surface area contributed by atoms with Gasteiger partial charge in [0, 0.05) is 7.79 Å². The van der Waals surface area contributed by atoms with Crippen molar-refractivity contribution >= 4 is 5.97 Å². The van der Waals surface area contributed by atoms with E-state index in [1.54, 1.807) is 7.05 Å². The molecule has 0 radical (unpaired) electrons. The van der Waals surface area contributed by atoms with E-state index in [0.29, 0.717) is 0 Å². The van der Waals surface area contributed by atoms with Crippen molar-refractivity contribution in [1.29, 1.82) is 0 Å². The molecular formula is C18H35NO6. The van der Waals surface area contributed by atoms with Gasteiger partial charge < -0.3 is 30.5 Å². The van der Waals surface area contributed by atoms with Crippen LogP contribution in [0.5, 0.6) is 0 Å². The van der Waals surface area contributed by atoms with E-state index in [9.17, 15) is 25.2 Å². The van der Waals surface area contributed by atoms with Gasteiger partial charge in [-0.2, -0.15) is 0 Å². The zero-order valence-corrected chi connectivity index (χ0v) is 15.8. The second kappa shape index (κ2) is 8.77. The quantitative estimate of drug-likeness (QED) is 0.429. The minimum absolute atomic E-state index is 0.0447. The van der Waals surface area contributed by atoms with Gasteiger partial charge in [-0.05, 0) is 38.1 Å². The molecule has 0 spiro atoms. The Labute approximate surface area is 151 Å². The average Bonchev–Trinajstić information content (AvgIpc) is 2.56. The highest BCUT2D eigenvalue weighted by atomic mass is 16.6. The SMILES string of the molecule is [2H]CC(O)C(O)C1OC(CC(C(C)C)C(C)C)(C(=O)O)CC(O)C1NC. The summed E-state index contributed by atoms with van der Waals surface area (Å²) < 4.78 is 13.2. The number of carboxylic acid groups (broad SMARTS) is 1. The minimum Gasteiger partial charge on any atom is -0.479 e. The predicted molar refractivity (Wildman–Crippen MR) is 94.2 cm³/mol. The van der Waals surface area contributed by atoms with Crippen LogP contribution < -0.4 is 5.32 Å². The lowest BCUT2D eigenvalue weighted by Gasteiger charge is -2.48. The summed E-state index contributed by atoms with van der Waals surface area (Å²) in [5, 5.41) is 43.6. The number of likely N-dealkylation sites (N-methyl/N-ethyl adjacent to an activating group) is 1. The zero-order valence-electron chi connectivity index (χ0n) is 16.8. The van der Waals surface area contributed by atoms with Crippen LogP contribution in [-0.4, -0.2) is 69.5 Å². The number of carbonyl (C=O) groups is 1. The molecule has 1 aliphatic heterocycles. The fraction of sp³-hybridized carbons (Fsp3) is 0.944. The Balaban J connectivity index is 3.25. The summed E-state index contributed by atoms with van der Waals surface area (Å²) in [5.74, 6) is -0.703. The third-order valence-corrected chi connectivity index (χ3v) is 5.40. The summed E-state index contributed by atoms with van der Waals surface area (Å²) in [4.78, 5) is 12.2. The smallest absolute Gasteiger partial charge is 0.336 e. The zero-order chi connectivity index (χ0) is 20.2. The van der Waals surface area contributed by atoms with Crippen molar-refractivity contribution in [2.75, 3.05) is 7.05 Å². The molecule has 7 heteroatoms. The number of aliphatic hydroxyl groups excluding tert-OH is 3. The molecule has 148 valence electrons. The van der Waals surface area contributed by atoms with Crippen molar-refractivity contribution in [3.05, 3.63) is 0 Å². The maximum absolute atomic E-state index is 12.2. The average molecular weight is 362 g/mol. The first-order valence-corrected chi connectivity index (χ1v) is 8.92. The summed E-state index contributed by atoms with van der Waals surface area (Å²) in [6.07, 6.45) is -4.98. The first-order chi connectivity index (χ1) is 12.0. The molecular weight excluding hydrogens is 326 g/mol. The van der Waals surface area contributed by atoms with Crippen LogP contribution in [0.3, 0.4) is 0 Å². The maximum atomic E-state index is 12.2. The molecule has 0 saturated carbocycles. The summed E-state index contributed by atoms with van der Waals surface area (Å²) in [5.41, 5.74) is -1.65. The Morgan fingerprint density at radius 2 is 1.88 bits per heavy atom. The topological polar surface area (TPSA) is 119 Å². The van der Waals surface area contributed by atoms with E-state index < -0.39 is 48.9 Å². The molecule has 0 amide bonds. The lowest BCUT2D eigenvalue weighted by atomic mass is 9.73. The number of aliphatic carboxylic acids is 1. The van der Waals surface area contributed by atoms with Gasteiger partial charge in [-0.1, -0.05) is 27.7 Å². The molecule has 7 nitrogen and oxygen atoms in total. The van der Waals surface area contributed by atoms with Gasteiger partial charge in [0.15, 0.2) is 5.60 Å².